The van der Waals surface area contributed by atoms with Crippen LogP contribution in [0.5, 0.6) is 0 Å². The number of piperidine rings is 1. The molecule has 0 radical (unpaired) electrons. The predicted octanol–water partition coefficient (Wildman–Crippen LogP) is 4.12. The number of carbonyl (C=O) groups is 2. The summed E-state index contributed by atoms with van der Waals surface area (Å²) in [5.74, 6) is -0.122. The van der Waals surface area contributed by atoms with Crippen molar-refractivity contribution >= 4 is 29.3 Å². The summed E-state index contributed by atoms with van der Waals surface area (Å²) in [7, 11) is 0. The molecule has 1 aliphatic rings. The van der Waals surface area contributed by atoms with Crippen molar-refractivity contribution in [3.8, 4) is 0 Å². The minimum Gasteiger partial charge on any atom is -0.444 e. The summed E-state index contributed by atoms with van der Waals surface area (Å²) in [4.78, 5) is 26.9. The Bertz CT molecular complexity index is 933. The van der Waals surface area contributed by atoms with Crippen LogP contribution in [0.15, 0.2) is 36.4 Å². The summed E-state index contributed by atoms with van der Waals surface area (Å²) in [6.07, 6.45) is 1.57. The number of likely N-dealkylation sites (tertiary alicyclic amines) is 1. The molecule has 32 heavy (non-hydrogen) atoms. The van der Waals surface area contributed by atoms with Gasteiger partial charge in [-0.25, -0.2) is 4.79 Å². The first kappa shape index (κ1) is 23.8. The largest absolute Gasteiger partial charge is 0.444 e. The van der Waals surface area contributed by atoms with Gasteiger partial charge in [-0.2, -0.15) is 0 Å². The maximum Gasteiger partial charge on any atom is 0.410 e. The van der Waals surface area contributed by atoms with Gasteiger partial charge in [0, 0.05) is 32.2 Å². The summed E-state index contributed by atoms with van der Waals surface area (Å²) in [6.45, 7) is 7.80. The van der Waals surface area contributed by atoms with Crippen molar-refractivity contribution in [1.82, 2.24) is 20.4 Å². The van der Waals surface area contributed by atoms with Gasteiger partial charge >= 0.3 is 6.09 Å². The fourth-order valence-electron chi connectivity index (χ4n) is 3.51. The number of nitrogens with zero attached hydrogens (tertiary/aromatic N) is 3. The van der Waals surface area contributed by atoms with Crippen LogP contribution in [0, 0.1) is 5.92 Å². The molecule has 0 bridgehead atoms. The fraction of sp³-hybridized carbons (Fsp3) is 0.478. The summed E-state index contributed by atoms with van der Waals surface area (Å²) >= 11 is 6.03. The summed E-state index contributed by atoms with van der Waals surface area (Å²) in [5.41, 5.74) is 1.17. The van der Waals surface area contributed by atoms with Gasteiger partial charge in [0.15, 0.2) is 10.8 Å². The van der Waals surface area contributed by atoms with Crippen LogP contribution in [-0.2, 0) is 11.3 Å². The average Bonchev–Trinajstić information content (AvgIpc) is 2.76. The molecule has 9 heteroatoms. The third-order valence-corrected chi connectivity index (χ3v) is 5.21. The Morgan fingerprint density at radius 3 is 2.69 bits per heavy atom. The number of aromatic nitrogens is 2. The normalized spacial score (nSPS) is 16.4. The summed E-state index contributed by atoms with van der Waals surface area (Å²) in [5, 5.41) is 14.2. The van der Waals surface area contributed by atoms with Crippen molar-refractivity contribution in [3.05, 3.63) is 52.8 Å². The first-order valence-electron chi connectivity index (χ1n) is 10.8. The molecule has 1 aromatic carbocycles. The third-order valence-electron chi connectivity index (χ3n) is 5.03. The smallest absolute Gasteiger partial charge is 0.410 e. The molecule has 0 aliphatic carbocycles. The van der Waals surface area contributed by atoms with Gasteiger partial charge in [-0.3, -0.25) is 4.79 Å². The van der Waals surface area contributed by atoms with Crippen molar-refractivity contribution < 1.29 is 14.3 Å². The van der Waals surface area contributed by atoms with Crippen molar-refractivity contribution in [3.63, 3.8) is 0 Å². The van der Waals surface area contributed by atoms with Crippen LogP contribution in [-0.4, -0.2) is 52.3 Å². The van der Waals surface area contributed by atoms with Gasteiger partial charge in [-0.15, -0.1) is 10.2 Å². The molecule has 8 nitrogen and oxygen atoms in total. The number of hydrogen-bond donors (Lipinski definition) is 2. The van der Waals surface area contributed by atoms with Crippen LogP contribution in [0.4, 0.5) is 10.5 Å². The van der Waals surface area contributed by atoms with Crippen LogP contribution in [0.25, 0.3) is 0 Å². The van der Waals surface area contributed by atoms with Crippen molar-refractivity contribution in [1.29, 1.82) is 0 Å². The van der Waals surface area contributed by atoms with Gasteiger partial charge in [-0.05, 0) is 45.1 Å². The van der Waals surface area contributed by atoms with Crippen LogP contribution < -0.4 is 10.6 Å². The molecule has 2 heterocycles. The maximum atomic E-state index is 12.7. The molecule has 1 saturated heterocycles. The number of ether oxygens (including phenoxy) is 1. The number of nitrogens with one attached hydrogen (secondary N) is 2. The molecule has 1 unspecified atom stereocenters. The van der Waals surface area contributed by atoms with E-state index in [0.717, 1.165) is 18.4 Å². The lowest BCUT2D eigenvalue weighted by molar-refractivity contribution is 0.0172. The highest BCUT2D eigenvalue weighted by Crippen LogP contribution is 2.22. The predicted molar refractivity (Wildman–Crippen MR) is 124 cm³/mol. The van der Waals surface area contributed by atoms with Crippen LogP contribution in [0.3, 0.4) is 0 Å². The Labute approximate surface area is 193 Å². The lowest BCUT2D eigenvalue weighted by Crippen LogP contribution is -2.44. The van der Waals surface area contributed by atoms with E-state index in [9.17, 15) is 9.59 Å². The minimum absolute atomic E-state index is 0.185. The summed E-state index contributed by atoms with van der Waals surface area (Å²) in [6, 6.07) is 11.2. The van der Waals surface area contributed by atoms with E-state index in [1.54, 1.807) is 11.0 Å². The molecule has 0 spiro atoms. The first-order chi connectivity index (χ1) is 15.2. The molecule has 172 valence electrons. The lowest BCUT2D eigenvalue weighted by Gasteiger charge is -2.34. The second kappa shape index (κ2) is 10.6. The maximum absolute atomic E-state index is 12.7. The Morgan fingerprint density at radius 1 is 1.22 bits per heavy atom. The van der Waals surface area contributed by atoms with E-state index in [-0.39, 0.29) is 28.8 Å². The molecular weight excluding hydrogens is 430 g/mol. The van der Waals surface area contributed by atoms with Gasteiger partial charge < -0.3 is 20.3 Å². The van der Waals surface area contributed by atoms with E-state index in [2.05, 4.69) is 20.8 Å². The topological polar surface area (TPSA) is 96.4 Å². The number of benzene rings is 1. The van der Waals surface area contributed by atoms with Gasteiger partial charge in [0.2, 0.25) is 0 Å². The Balaban J connectivity index is 1.60. The van der Waals surface area contributed by atoms with E-state index < -0.39 is 5.60 Å². The van der Waals surface area contributed by atoms with Crippen molar-refractivity contribution in [2.75, 3.05) is 25.0 Å². The Hall–Kier alpha value is -2.87. The molecule has 1 aromatic heterocycles. The molecule has 2 amide bonds. The zero-order valence-corrected chi connectivity index (χ0v) is 19.5. The number of rotatable bonds is 6. The zero-order chi connectivity index (χ0) is 23.1. The van der Waals surface area contributed by atoms with Gasteiger partial charge in [-0.1, -0.05) is 41.9 Å². The Kier molecular flexibility index (Phi) is 7.90. The molecule has 2 aromatic rings. The van der Waals surface area contributed by atoms with Gasteiger partial charge in [0.05, 0.1) is 5.69 Å². The molecule has 2 N–H and O–H groups in total. The molecule has 3 rings (SSSR count). The zero-order valence-electron chi connectivity index (χ0n) is 18.7. The quantitative estimate of drug-likeness (QED) is 0.674. The van der Waals surface area contributed by atoms with Gasteiger partial charge in [0.1, 0.15) is 5.60 Å². The van der Waals surface area contributed by atoms with E-state index in [1.165, 1.54) is 0 Å². The standard InChI is InChI=1S/C23H30ClN5O3/c1-23(2,3)32-22(31)29-11-7-10-17(15-29)14-25-18-12-19(24)27-28-20(18)21(30)26-13-16-8-5-4-6-9-16/h4-6,8-9,12,17H,7,10-11,13-15H2,1-3H3,(H,25,27)(H,26,30). The fourth-order valence-corrected chi connectivity index (χ4v) is 3.66. The van der Waals surface area contributed by atoms with E-state index in [4.69, 9.17) is 16.3 Å². The molecule has 0 saturated carbocycles. The molecule has 1 atom stereocenters. The molecule has 1 aliphatic heterocycles. The van der Waals surface area contributed by atoms with E-state index in [0.29, 0.717) is 31.9 Å². The van der Waals surface area contributed by atoms with Crippen LogP contribution >= 0.6 is 11.6 Å². The number of anilines is 1. The molecular formula is C23H30ClN5O3. The van der Waals surface area contributed by atoms with Crippen LogP contribution in [0.1, 0.15) is 49.7 Å². The number of hydrogen-bond acceptors (Lipinski definition) is 6. The summed E-state index contributed by atoms with van der Waals surface area (Å²) < 4.78 is 5.50. The first-order valence-corrected chi connectivity index (χ1v) is 11.2. The highest BCUT2D eigenvalue weighted by Gasteiger charge is 2.28. The van der Waals surface area contributed by atoms with Gasteiger partial charge in [0.25, 0.3) is 5.91 Å². The van der Waals surface area contributed by atoms with E-state index in [1.807, 2.05) is 51.1 Å². The number of carbonyl (C=O) groups excluding carboxylic acids is 2. The van der Waals surface area contributed by atoms with Crippen molar-refractivity contribution in [2.45, 2.75) is 45.8 Å². The van der Waals surface area contributed by atoms with Crippen LogP contribution in [0.2, 0.25) is 5.15 Å². The van der Waals surface area contributed by atoms with E-state index >= 15 is 0 Å². The monoisotopic (exact) mass is 459 g/mol. The molecule has 1 fully saturated rings. The lowest BCUT2D eigenvalue weighted by atomic mass is 9.98. The minimum atomic E-state index is -0.524. The number of amides is 2. The second-order valence-electron chi connectivity index (χ2n) is 8.91. The highest BCUT2D eigenvalue weighted by molar-refractivity contribution is 6.29. The SMILES string of the molecule is CC(C)(C)OC(=O)N1CCCC(CNc2cc(Cl)nnc2C(=O)NCc2ccccc2)C1. The average molecular weight is 460 g/mol. The third kappa shape index (κ3) is 7.09. The number of halogens is 1. The van der Waals surface area contributed by atoms with Crippen molar-refractivity contribution in [2.24, 2.45) is 5.92 Å². The Morgan fingerprint density at radius 2 is 1.97 bits per heavy atom. The highest BCUT2D eigenvalue weighted by atomic mass is 35.5. The second-order valence-corrected chi connectivity index (χ2v) is 9.30.